The summed E-state index contributed by atoms with van der Waals surface area (Å²) >= 11 is 0. The summed E-state index contributed by atoms with van der Waals surface area (Å²) in [5.41, 5.74) is -1.71. The molecule has 0 spiro atoms. The van der Waals surface area contributed by atoms with Crippen LogP contribution in [0.4, 0.5) is 0 Å². The van der Waals surface area contributed by atoms with Crippen LogP contribution in [0.2, 0.25) is 0 Å². The van der Waals surface area contributed by atoms with Crippen molar-refractivity contribution in [2.45, 2.75) is 6.42 Å². The third-order valence-corrected chi connectivity index (χ3v) is 1.63. The number of hydrogen-bond acceptors (Lipinski definition) is 4. The number of carboxylic acids is 1. The molecule has 1 rings (SSSR count). The van der Waals surface area contributed by atoms with E-state index >= 15 is 0 Å². The second-order valence-electron chi connectivity index (χ2n) is 2.90. The number of H-pyrrole nitrogens is 2. The fourth-order valence-electron chi connectivity index (χ4n) is 0.969. The van der Waals surface area contributed by atoms with E-state index in [-0.39, 0.29) is 18.7 Å². The lowest BCUT2D eigenvalue weighted by molar-refractivity contribution is -0.136. The minimum absolute atomic E-state index is 0.0804. The highest BCUT2D eigenvalue weighted by Crippen LogP contribution is 1.85. The molecule has 8 nitrogen and oxygen atoms in total. The van der Waals surface area contributed by atoms with E-state index in [2.05, 4.69) is 10.3 Å². The summed E-state index contributed by atoms with van der Waals surface area (Å²) in [6.45, 7) is -0.0804. The molecule has 0 unspecified atom stereocenters. The van der Waals surface area contributed by atoms with Crippen molar-refractivity contribution < 1.29 is 14.7 Å². The maximum atomic E-state index is 11.3. The molecular weight excluding hydrogens is 218 g/mol. The quantitative estimate of drug-likeness (QED) is 0.485. The molecule has 0 aliphatic heterocycles. The van der Waals surface area contributed by atoms with Crippen molar-refractivity contribution in [1.29, 1.82) is 0 Å². The van der Waals surface area contributed by atoms with Gasteiger partial charge in [0.1, 0.15) is 5.69 Å². The van der Waals surface area contributed by atoms with Gasteiger partial charge in [0.15, 0.2) is 0 Å². The lowest BCUT2D eigenvalue weighted by atomic mass is 10.3. The van der Waals surface area contributed by atoms with E-state index in [1.54, 1.807) is 0 Å². The van der Waals surface area contributed by atoms with Crippen molar-refractivity contribution >= 4 is 11.9 Å². The summed E-state index contributed by atoms with van der Waals surface area (Å²) in [5.74, 6) is -1.76. The average Bonchev–Trinajstić information content (AvgIpc) is 2.15. The number of nitrogens with one attached hydrogen (secondary N) is 3. The molecule has 1 aromatic heterocycles. The van der Waals surface area contributed by atoms with Crippen LogP contribution in [0.25, 0.3) is 0 Å². The third-order valence-electron chi connectivity index (χ3n) is 1.63. The average molecular weight is 227 g/mol. The molecule has 16 heavy (non-hydrogen) atoms. The third kappa shape index (κ3) is 3.40. The summed E-state index contributed by atoms with van der Waals surface area (Å²) in [6, 6.07) is 0.914. The SMILES string of the molecule is O=C(O)CCNC(=O)c1cc(=O)[nH]c(=O)[nH]1. The Hall–Kier alpha value is -2.38. The zero-order valence-electron chi connectivity index (χ0n) is 8.07. The van der Waals surface area contributed by atoms with E-state index in [1.807, 2.05) is 4.98 Å². The van der Waals surface area contributed by atoms with Crippen LogP contribution in [0.3, 0.4) is 0 Å². The van der Waals surface area contributed by atoms with Crippen molar-refractivity contribution in [3.05, 3.63) is 32.6 Å². The summed E-state index contributed by atoms with van der Waals surface area (Å²) in [6.07, 6.45) is -0.237. The number of aromatic nitrogens is 2. The molecule has 0 aliphatic carbocycles. The van der Waals surface area contributed by atoms with Gasteiger partial charge in [-0.3, -0.25) is 19.4 Å². The molecule has 1 amide bonds. The van der Waals surface area contributed by atoms with Gasteiger partial charge in [-0.05, 0) is 0 Å². The predicted octanol–water partition coefficient (Wildman–Crippen LogP) is -1.73. The van der Waals surface area contributed by atoms with Crippen LogP contribution >= 0.6 is 0 Å². The van der Waals surface area contributed by atoms with Crippen molar-refractivity contribution in [3.8, 4) is 0 Å². The lowest BCUT2D eigenvalue weighted by Gasteiger charge is -2.01. The molecule has 0 aromatic carbocycles. The first kappa shape index (κ1) is 11.7. The first-order valence-electron chi connectivity index (χ1n) is 4.32. The molecule has 0 bridgehead atoms. The number of carbonyl (C=O) groups excluding carboxylic acids is 1. The Morgan fingerprint density at radius 1 is 1.31 bits per heavy atom. The van der Waals surface area contributed by atoms with Gasteiger partial charge >= 0.3 is 11.7 Å². The maximum absolute atomic E-state index is 11.3. The maximum Gasteiger partial charge on any atom is 0.326 e. The van der Waals surface area contributed by atoms with Crippen LogP contribution in [-0.2, 0) is 4.79 Å². The van der Waals surface area contributed by atoms with Gasteiger partial charge in [0, 0.05) is 12.6 Å². The molecule has 4 N–H and O–H groups in total. The van der Waals surface area contributed by atoms with E-state index in [0.717, 1.165) is 6.07 Å². The Balaban J connectivity index is 2.70. The smallest absolute Gasteiger partial charge is 0.326 e. The molecule has 0 radical (unpaired) electrons. The zero-order valence-corrected chi connectivity index (χ0v) is 8.07. The van der Waals surface area contributed by atoms with E-state index in [1.165, 1.54) is 0 Å². The van der Waals surface area contributed by atoms with E-state index in [4.69, 9.17) is 5.11 Å². The summed E-state index contributed by atoms with van der Waals surface area (Å²) in [5, 5.41) is 10.6. The topological polar surface area (TPSA) is 132 Å². The van der Waals surface area contributed by atoms with Gasteiger partial charge in [0.05, 0.1) is 6.42 Å². The second-order valence-corrected chi connectivity index (χ2v) is 2.90. The lowest BCUT2D eigenvalue weighted by Crippen LogP contribution is -2.32. The standard InChI is InChI=1S/C8H9N3O5/c12-5-3-4(10-8(16)11-5)7(15)9-2-1-6(13)14/h3H,1-2H2,(H,9,15)(H,13,14)(H2,10,11,12,16). The van der Waals surface area contributed by atoms with Crippen molar-refractivity contribution in [3.63, 3.8) is 0 Å². The second kappa shape index (κ2) is 4.91. The van der Waals surface area contributed by atoms with E-state index < -0.39 is 23.1 Å². The van der Waals surface area contributed by atoms with Gasteiger partial charge in [-0.2, -0.15) is 0 Å². The normalized spacial score (nSPS) is 9.75. The summed E-state index contributed by atoms with van der Waals surface area (Å²) in [7, 11) is 0. The first-order valence-corrected chi connectivity index (χ1v) is 4.32. The Morgan fingerprint density at radius 3 is 2.56 bits per heavy atom. The van der Waals surface area contributed by atoms with Crippen molar-refractivity contribution in [2.75, 3.05) is 6.54 Å². The zero-order chi connectivity index (χ0) is 12.1. The van der Waals surface area contributed by atoms with Crippen LogP contribution in [-0.4, -0.2) is 33.5 Å². The molecule has 0 atom stereocenters. The van der Waals surface area contributed by atoms with Crippen LogP contribution < -0.4 is 16.6 Å². The molecule has 8 heteroatoms. The van der Waals surface area contributed by atoms with Crippen molar-refractivity contribution in [2.24, 2.45) is 0 Å². The highest BCUT2D eigenvalue weighted by atomic mass is 16.4. The molecule has 1 aromatic rings. The monoisotopic (exact) mass is 227 g/mol. The molecule has 86 valence electrons. The minimum Gasteiger partial charge on any atom is -0.481 e. The van der Waals surface area contributed by atoms with Gasteiger partial charge in [-0.15, -0.1) is 0 Å². The van der Waals surface area contributed by atoms with Gasteiger partial charge < -0.3 is 15.4 Å². The predicted molar refractivity (Wildman–Crippen MR) is 52.3 cm³/mol. The Labute approximate surface area is 88.3 Å². The highest BCUT2D eigenvalue weighted by molar-refractivity contribution is 5.92. The van der Waals surface area contributed by atoms with Gasteiger partial charge in [-0.25, -0.2) is 4.79 Å². The van der Waals surface area contributed by atoms with Crippen molar-refractivity contribution in [1.82, 2.24) is 15.3 Å². The van der Waals surface area contributed by atoms with Crippen LogP contribution in [0.15, 0.2) is 15.7 Å². The Morgan fingerprint density at radius 2 is 2.00 bits per heavy atom. The first-order chi connectivity index (χ1) is 7.49. The van der Waals surface area contributed by atoms with Gasteiger partial charge in [0.2, 0.25) is 0 Å². The number of aliphatic carboxylic acids is 1. The fraction of sp³-hybridized carbons (Fsp3) is 0.250. The molecule has 0 aliphatic rings. The number of hydrogen-bond donors (Lipinski definition) is 4. The Kier molecular flexibility index (Phi) is 3.59. The largest absolute Gasteiger partial charge is 0.481 e. The van der Waals surface area contributed by atoms with Crippen LogP contribution in [0.1, 0.15) is 16.9 Å². The van der Waals surface area contributed by atoms with Gasteiger partial charge in [-0.1, -0.05) is 0 Å². The molecule has 0 saturated carbocycles. The fourth-order valence-corrected chi connectivity index (χ4v) is 0.969. The number of amides is 1. The summed E-state index contributed by atoms with van der Waals surface area (Å²) < 4.78 is 0. The highest BCUT2D eigenvalue weighted by Gasteiger charge is 2.07. The summed E-state index contributed by atoms with van der Waals surface area (Å²) in [4.78, 5) is 47.1. The molecular formula is C8H9N3O5. The molecule has 1 heterocycles. The number of aromatic amines is 2. The number of carbonyl (C=O) groups is 2. The van der Waals surface area contributed by atoms with E-state index in [9.17, 15) is 19.2 Å². The number of rotatable bonds is 4. The van der Waals surface area contributed by atoms with E-state index in [0.29, 0.717) is 0 Å². The minimum atomic E-state index is -1.06. The Bertz CT molecular complexity index is 487. The molecule has 0 saturated heterocycles. The van der Waals surface area contributed by atoms with Gasteiger partial charge in [0.25, 0.3) is 11.5 Å². The van der Waals surface area contributed by atoms with Crippen LogP contribution in [0.5, 0.6) is 0 Å². The van der Waals surface area contributed by atoms with Crippen LogP contribution in [0, 0.1) is 0 Å². The number of carboxylic acid groups (broad SMARTS) is 1. The molecule has 0 fully saturated rings.